The van der Waals surface area contributed by atoms with Crippen molar-refractivity contribution in [2.75, 3.05) is 19.8 Å². The summed E-state index contributed by atoms with van der Waals surface area (Å²) in [6, 6.07) is 0.316. The van der Waals surface area contributed by atoms with Crippen LogP contribution in [0.25, 0.3) is 0 Å². The van der Waals surface area contributed by atoms with Crippen molar-refractivity contribution in [1.82, 2.24) is 5.32 Å². The Hall–Kier alpha value is -0.610. The lowest BCUT2D eigenvalue weighted by molar-refractivity contribution is -0.127. The standard InChI is InChI=1S/C15H29NO3/c1-4-12(15(17)16-13(5-2)6-3)7-8-14-11-18-9-10-19-14/h12-14H,4-11H2,1-3H3,(H,16,17). The zero-order valence-corrected chi connectivity index (χ0v) is 12.6. The van der Waals surface area contributed by atoms with Crippen LogP contribution in [0.1, 0.15) is 52.9 Å². The molecule has 112 valence electrons. The molecule has 1 fully saturated rings. The van der Waals surface area contributed by atoms with E-state index < -0.39 is 0 Å². The van der Waals surface area contributed by atoms with Crippen molar-refractivity contribution < 1.29 is 14.3 Å². The maximum Gasteiger partial charge on any atom is 0.223 e. The molecule has 4 nitrogen and oxygen atoms in total. The second-order valence-electron chi connectivity index (χ2n) is 5.27. The second-order valence-corrected chi connectivity index (χ2v) is 5.27. The lowest BCUT2D eigenvalue weighted by Gasteiger charge is -2.25. The number of amides is 1. The molecule has 0 spiro atoms. The van der Waals surface area contributed by atoms with Gasteiger partial charge in [0, 0.05) is 12.0 Å². The van der Waals surface area contributed by atoms with Crippen LogP contribution in [0.2, 0.25) is 0 Å². The van der Waals surface area contributed by atoms with Gasteiger partial charge in [-0.05, 0) is 32.1 Å². The minimum absolute atomic E-state index is 0.103. The van der Waals surface area contributed by atoms with Crippen LogP contribution in [0, 0.1) is 5.92 Å². The molecule has 1 N–H and O–H groups in total. The number of hydrogen-bond acceptors (Lipinski definition) is 3. The van der Waals surface area contributed by atoms with Gasteiger partial charge in [0.2, 0.25) is 5.91 Å². The summed E-state index contributed by atoms with van der Waals surface area (Å²) in [6.07, 6.45) is 4.85. The number of hydrogen-bond donors (Lipinski definition) is 1. The number of ether oxygens (including phenoxy) is 2. The van der Waals surface area contributed by atoms with E-state index in [9.17, 15) is 4.79 Å². The Morgan fingerprint density at radius 1 is 1.21 bits per heavy atom. The van der Waals surface area contributed by atoms with E-state index in [1.807, 2.05) is 0 Å². The normalized spacial score (nSPS) is 21.4. The van der Waals surface area contributed by atoms with E-state index >= 15 is 0 Å². The van der Waals surface area contributed by atoms with Gasteiger partial charge in [-0.15, -0.1) is 0 Å². The highest BCUT2D eigenvalue weighted by Crippen LogP contribution is 2.17. The van der Waals surface area contributed by atoms with E-state index in [1.165, 1.54) is 0 Å². The molecule has 1 saturated heterocycles. The van der Waals surface area contributed by atoms with Crippen molar-refractivity contribution in [1.29, 1.82) is 0 Å². The maximum absolute atomic E-state index is 12.2. The SMILES string of the molecule is CCC(CC)NC(=O)C(CC)CCC1COCCO1. The first-order valence-corrected chi connectivity index (χ1v) is 7.70. The summed E-state index contributed by atoms with van der Waals surface area (Å²) in [6.45, 7) is 8.36. The molecule has 0 aliphatic carbocycles. The molecule has 0 aromatic carbocycles. The van der Waals surface area contributed by atoms with E-state index in [-0.39, 0.29) is 17.9 Å². The molecular weight excluding hydrogens is 242 g/mol. The molecule has 2 atom stereocenters. The number of nitrogens with one attached hydrogen (secondary N) is 1. The average molecular weight is 271 g/mol. The Balaban J connectivity index is 2.32. The lowest BCUT2D eigenvalue weighted by atomic mass is 9.96. The summed E-state index contributed by atoms with van der Waals surface area (Å²) in [5.74, 6) is 0.305. The van der Waals surface area contributed by atoms with Crippen molar-refractivity contribution >= 4 is 5.91 Å². The van der Waals surface area contributed by atoms with Gasteiger partial charge in [0.05, 0.1) is 25.9 Å². The van der Waals surface area contributed by atoms with Gasteiger partial charge >= 0.3 is 0 Å². The fourth-order valence-electron chi connectivity index (χ4n) is 2.42. The van der Waals surface area contributed by atoms with E-state index in [0.717, 1.165) is 32.1 Å². The quantitative estimate of drug-likeness (QED) is 0.738. The first-order valence-electron chi connectivity index (χ1n) is 7.70. The van der Waals surface area contributed by atoms with Crippen molar-refractivity contribution in [3.05, 3.63) is 0 Å². The molecule has 0 aromatic rings. The number of rotatable bonds is 8. The third kappa shape index (κ3) is 5.91. The van der Waals surface area contributed by atoms with Crippen LogP contribution in [-0.4, -0.2) is 37.9 Å². The first-order chi connectivity index (χ1) is 9.21. The molecule has 0 aromatic heterocycles. The summed E-state index contributed by atoms with van der Waals surface area (Å²) in [5.41, 5.74) is 0. The minimum atomic E-state index is 0.103. The van der Waals surface area contributed by atoms with Crippen molar-refractivity contribution in [2.45, 2.75) is 65.0 Å². The van der Waals surface area contributed by atoms with Crippen molar-refractivity contribution in [2.24, 2.45) is 5.92 Å². The fraction of sp³-hybridized carbons (Fsp3) is 0.933. The number of carbonyl (C=O) groups excluding carboxylic acids is 1. The molecule has 0 saturated carbocycles. The monoisotopic (exact) mass is 271 g/mol. The van der Waals surface area contributed by atoms with Crippen LogP contribution in [0.15, 0.2) is 0 Å². The van der Waals surface area contributed by atoms with Gasteiger partial charge in [-0.2, -0.15) is 0 Å². The fourth-order valence-corrected chi connectivity index (χ4v) is 2.42. The second kappa shape index (κ2) is 9.32. The van der Waals surface area contributed by atoms with Gasteiger partial charge in [-0.3, -0.25) is 4.79 Å². The predicted molar refractivity (Wildman–Crippen MR) is 76.1 cm³/mol. The molecular formula is C15H29NO3. The topological polar surface area (TPSA) is 47.6 Å². The summed E-state index contributed by atoms with van der Waals surface area (Å²) < 4.78 is 11.0. The minimum Gasteiger partial charge on any atom is -0.376 e. The Morgan fingerprint density at radius 2 is 1.95 bits per heavy atom. The zero-order chi connectivity index (χ0) is 14.1. The highest BCUT2D eigenvalue weighted by Gasteiger charge is 2.21. The summed E-state index contributed by atoms with van der Waals surface area (Å²) in [7, 11) is 0. The van der Waals surface area contributed by atoms with Gasteiger partial charge in [0.15, 0.2) is 0 Å². The smallest absolute Gasteiger partial charge is 0.223 e. The molecule has 1 aliphatic heterocycles. The highest BCUT2D eigenvalue weighted by atomic mass is 16.6. The van der Waals surface area contributed by atoms with Crippen LogP contribution in [0.5, 0.6) is 0 Å². The molecule has 19 heavy (non-hydrogen) atoms. The predicted octanol–water partition coefficient (Wildman–Crippen LogP) is 2.51. The first kappa shape index (κ1) is 16.4. The summed E-state index contributed by atoms with van der Waals surface area (Å²) in [4.78, 5) is 12.2. The molecule has 1 rings (SSSR count). The Labute approximate surface area is 117 Å². The molecule has 0 bridgehead atoms. The van der Waals surface area contributed by atoms with E-state index in [4.69, 9.17) is 9.47 Å². The van der Waals surface area contributed by atoms with Gasteiger partial charge < -0.3 is 14.8 Å². The zero-order valence-electron chi connectivity index (χ0n) is 12.6. The Kier molecular flexibility index (Phi) is 8.07. The molecule has 4 heteroatoms. The summed E-state index contributed by atoms with van der Waals surface area (Å²) >= 11 is 0. The molecule has 1 aliphatic rings. The Bertz CT molecular complexity index is 248. The van der Waals surface area contributed by atoms with Gasteiger partial charge in [0.1, 0.15) is 0 Å². The lowest BCUT2D eigenvalue weighted by Crippen LogP contribution is -2.38. The van der Waals surface area contributed by atoms with Crippen LogP contribution in [0.4, 0.5) is 0 Å². The maximum atomic E-state index is 12.2. The number of carbonyl (C=O) groups is 1. The van der Waals surface area contributed by atoms with E-state index in [0.29, 0.717) is 25.9 Å². The molecule has 1 heterocycles. The van der Waals surface area contributed by atoms with Crippen molar-refractivity contribution in [3.8, 4) is 0 Å². The van der Waals surface area contributed by atoms with Crippen molar-refractivity contribution in [3.63, 3.8) is 0 Å². The molecule has 0 radical (unpaired) electrons. The molecule has 1 amide bonds. The highest BCUT2D eigenvalue weighted by molar-refractivity contribution is 5.78. The van der Waals surface area contributed by atoms with Crippen LogP contribution in [-0.2, 0) is 14.3 Å². The Morgan fingerprint density at radius 3 is 2.47 bits per heavy atom. The van der Waals surface area contributed by atoms with Gasteiger partial charge in [-0.1, -0.05) is 20.8 Å². The van der Waals surface area contributed by atoms with E-state index in [2.05, 4.69) is 26.1 Å². The van der Waals surface area contributed by atoms with Gasteiger partial charge in [0.25, 0.3) is 0 Å². The third-order valence-corrected chi connectivity index (χ3v) is 3.92. The summed E-state index contributed by atoms with van der Waals surface area (Å²) in [5, 5.41) is 3.14. The van der Waals surface area contributed by atoms with E-state index in [1.54, 1.807) is 0 Å². The third-order valence-electron chi connectivity index (χ3n) is 3.92. The average Bonchev–Trinajstić information content (AvgIpc) is 2.46. The van der Waals surface area contributed by atoms with Crippen LogP contribution in [0.3, 0.4) is 0 Å². The largest absolute Gasteiger partial charge is 0.376 e. The van der Waals surface area contributed by atoms with Crippen LogP contribution >= 0.6 is 0 Å². The molecule has 2 unspecified atom stereocenters. The van der Waals surface area contributed by atoms with Gasteiger partial charge in [-0.25, -0.2) is 0 Å². The van der Waals surface area contributed by atoms with Crippen LogP contribution < -0.4 is 5.32 Å².